The first-order chi connectivity index (χ1) is 35.2. The van der Waals surface area contributed by atoms with E-state index in [1.807, 2.05) is 0 Å². The summed E-state index contributed by atoms with van der Waals surface area (Å²) in [4.78, 5) is 0. The molecule has 4 heteroatoms. The average Bonchev–Trinajstić information content (AvgIpc) is 3.53. The van der Waals surface area contributed by atoms with E-state index in [9.17, 15) is 5.26 Å². The van der Waals surface area contributed by atoms with Crippen LogP contribution in [0, 0.1) is 94.4 Å². The van der Waals surface area contributed by atoms with Gasteiger partial charge in [0.2, 0.25) is 0 Å². The van der Waals surface area contributed by atoms with Crippen molar-refractivity contribution in [2.45, 2.75) is 188 Å². The van der Waals surface area contributed by atoms with E-state index >= 15 is 0 Å². The van der Waals surface area contributed by atoms with Gasteiger partial charge in [0.05, 0.1) is 0 Å². The molecule has 76 heavy (non-hydrogen) atoms. The Hall–Kier alpha value is -5.21. The minimum atomic E-state index is -4.81. The molecule has 0 aromatic heterocycles. The van der Waals surface area contributed by atoms with Gasteiger partial charge in [-0.3, -0.25) is 0 Å². The zero-order valence-corrected chi connectivity index (χ0v) is 55.3. The third-order valence-corrected chi connectivity index (χ3v) is 40.1. The topological polar surface area (TPSA) is 36.1 Å². The molecule has 2 aliphatic rings. The molecule has 0 unspecified atom stereocenters. The molecule has 0 spiro atoms. The number of nitriles is 1. The predicted octanol–water partition coefficient (Wildman–Crippen LogP) is 16.0. The van der Waals surface area contributed by atoms with Crippen molar-refractivity contribution in [2.75, 3.05) is 0 Å². The fourth-order valence-corrected chi connectivity index (χ4v) is 44.2. The van der Waals surface area contributed by atoms with Crippen LogP contribution in [-0.2, 0) is 21.7 Å². The number of aryl methyl sites for hydroxylation is 4. The van der Waals surface area contributed by atoms with Gasteiger partial charge < -0.3 is 0 Å². The first-order valence-corrected chi connectivity index (χ1v) is 36.2. The zero-order chi connectivity index (χ0) is 56.3. The molecule has 2 aliphatic heterocycles. The van der Waals surface area contributed by atoms with Crippen LogP contribution in [0.4, 0.5) is 0 Å². The fourth-order valence-electron chi connectivity index (χ4n) is 13.5. The molecule has 0 amide bonds. The van der Waals surface area contributed by atoms with Crippen LogP contribution in [-0.4, -0.2) is 32.5 Å². The van der Waals surface area contributed by atoms with Crippen molar-refractivity contribution in [1.29, 1.82) is 5.26 Å². The van der Waals surface area contributed by atoms with Crippen LogP contribution in [0.5, 0.6) is 0 Å². The molecule has 0 bridgehead atoms. The van der Waals surface area contributed by atoms with Gasteiger partial charge in [0, 0.05) is 0 Å². The van der Waals surface area contributed by atoms with E-state index < -0.39 is 26.8 Å². The van der Waals surface area contributed by atoms with Crippen molar-refractivity contribution in [3.05, 3.63) is 207 Å². The first kappa shape index (κ1) is 57.0. The summed E-state index contributed by atoms with van der Waals surface area (Å²) >= 11 is -9.40. The molecular formula is C72H88Ge2N2. The summed E-state index contributed by atoms with van der Waals surface area (Å²) < 4.78 is 17.4. The van der Waals surface area contributed by atoms with Gasteiger partial charge in [0.1, 0.15) is 0 Å². The third kappa shape index (κ3) is 8.78. The number of nitrogens with zero attached hydrogens (tertiary/aromatic N) is 2. The van der Waals surface area contributed by atoms with Gasteiger partial charge in [-0.15, -0.1) is 0 Å². The van der Waals surface area contributed by atoms with Crippen molar-refractivity contribution in [2.24, 2.45) is 3.95 Å². The second-order valence-corrected chi connectivity index (χ2v) is 41.1. The molecule has 0 fully saturated rings. The van der Waals surface area contributed by atoms with E-state index in [-0.39, 0.29) is 21.7 Å². The summed E-state index contributed by atoms with van der Waals surface area (Å²) in [6.45, 7) is 58.0. The van der Waals surface area contributed by atoms with E-state index in [1.54, 1.807) is 19.3 Å². The SMILES string of the molecule is Cc1cc(C(C)(C)C)[c]([Ge]2([c]3c(C(C)(C)C)cc(C)c(C)c3C)[N]=C(/C=C/C#N)C3=[C](c4ccccc4)[Ge]([c]4c(C(C)(C)C)cc(C)c(C)c4C)([c]4c(C(C)(C)C)cc(C)c(C)c4C)[C]3=[C]2c2ccccc2)c(C)c1C. The van der Waals surface area contributed by atoms with E-state index in [4.69, 9.17) is 3.95 Å². The monoisotopic (exact) mass is 1130 g/mol. The molecular weight excluding hydrogens is 1040 g/mol. The third-order valence-electron chi connectivity index (χ3n) is 18.2. The zero-order valence-electron chi connectivity index (χ0n) is 51.1. The van der Waals surface area contributed by atoms with E-state index in [0.717, 1.165) is 5.71 Å². The summed E-state index contributed by atoms with van der Waals surface area (Å²) in [7, 11) is 0. The van der Waals surface area contributed by atoms with Gasteiger partial charge in [-0.1, -0.05) is 0 Å². The van der Waals surface area contributed by atoms with Gasteiger partial charge >= 0.3 is 469 Å². The summed E-state index contributed by atoms with van der Waals surface area (Å²) in [5.74, 6) is 0. The summed E-state index contributed by atoms with van der Waals surface area (Å²) in [6.07, 6.45) is 3.88. The van der Waals surface area contributed by atoms with Crippen molar-refractivity contribution in [3.8, 4) is 6.07 Å². The molecule has 0 radical (unpaired) electrons. The van der Waals surface area contributed by atoms with Crippen molar-refractivity contribution >= 4 is 58.9 Å². The number of hydrogen-bond acceptors (Lipinski definition) is 2. The van der Waals surface area contributed by atoms with Crippen molar-refractivity contribution in [1.82, 2.24) is 0 Å². The minimum absolute atomic E-state index is 0.212. The Labute approximate surface area is 465 Å². The van der Waals surface area contributed by atoms with Gasteiger partial charge in [0.25, 0.3) is 0 Å². The Balaban J connectivity index is 1.96. The van der Waals surface area contributed by atoms with Gasteiger partial charge in [0.15, 0.2) is 0 Å². The van der Waals surface area contributed by atoms with Crippen LogP contribution < -0.4 is 17.6 Å². The molecule has 0 N–H and O–H groups in total. The van der Waals surface area contributed by atoms with Crippen molar-refractivity contribution in [3.63, 3.8) is 0 Å². The maximum atomic E-state index is 10.9. The van der Waals surface area contributed by atoms with E-state index in [0.29, 0.717) is 0 Å². The molecule has 0 atom stereocenters. The quantitative estimate of drug-likeness (QED) is 0.116. The predicted molar refractivity (Wildman–Crippen MR) is 336 cm³/mol. The standard InChI is InChI=1S/C72H88Ge2N2/c1-42-38-56(69(13,14)15)62(50(9)46(42)5)73(63-51(10)47(6)43(2)39-57(63)70(16,17)18)66(54-32-27-25-28-33-54)61-60(36-31-37-75)76-74(67(68(61)73)55-34-29-26-30-35-55,64-52(11)48(7)44(3)40-58(64)71(19,20)21)65-53(12)49(8)45(4)41-59(65)72(22,23)24/h25-36,38-41H,1-24H3/b36-31+. The Morgan fingerprint density at radius 1 is 0.395 bits per heavy atom. The number of rotatable bonds is 7. The van der Waals surface area contributed by atoms with Gasteiger partial charge in [-0.2, -0.15) is 0 Å². The van der Waals surface area contributed by atoms with E-state index in [1.165, 1.54) is 123 Å². The normalized spacial score (nSPS) is 15.8. The molecule has 0 aliphatic carbocycles. The van der Waals surface area contributed by atoms with Crippen molar-refractivity contribution < 1.29 is 0 Å². The first-order valence-electron chi connectivity index (χ1n) is 28.0. The van der Waals surface area contributed by atoms with Gasteiger partial charge in [-0.25, -0.2) is 0 Å². The Morgan fingerprint density at radius 3 is 1.01 bits per heavy atom. The van der Waals surface area contributed by atoms with Crippen LogP contribution in [0.2, 0.25) is 0 Å². The van der Waals surface area contributed by atoms with Crippen LogP contribution in [0.25, 0.3) is 8.81 Å². The molecule has 8 rings (SSSR count). The van der Waals surface area contributed by atoms with Crippen LogP contribution >= 0.6 is 0 Å². The second-order valence-electron chi connectivity index (χ2n) is 27.1. The van der Waals surface area contributed by atoms with Crippen LogP contribution in [0.15, 0.2) is 111 Å². The Bertz CT molecular complexity index is 3400. The molecule has 6 aromatic carbocycles. The second kappa shape index (κ2) is 19.6. The number of hydrogen-bond donors (Lipinski definition) is 0. The van der Waals surface area contributed by atoms with E-state index in [2.05, 4.69) is 263 Å². The van der Waals surface area contributed by atoms with Gasteiger partial charge in [-0.05, 0) is 0 Å². The molecule has 6 aromatic rings. The average molecular weight is 1130 g/mol. The summed E-state index contributed by atoms with van der Waals surface area (Å²) in [5, 5.41) is 10.9. The number of benzene rings is 6. The summed E-state index contributed by atoms with van der Waals surface area (Å²) in [5.41, 5.74) is 25.8. The Kier molecular flexibility index (Phi) is 14.7. The molecule has 2 heterocycles. The molecule has 0 saturated carbocycles. The number of allylic oxidation sites excluding steroid dienone is 4. The fraction of sp³-hybridized carbons (Fsp3) is 0.389. The maximum absolute atomic E-state index is 10.9. The number of fused-ring (bicyclic) bond motifs is 1. The van der Waals surface area contributed by atoms with Crippen LogP contribution in [0.3, 0.4) is 0 Å². The molecule has 394 valence electrons. The summed E-state index contributed by atoms with van der Waals surface area (Å²) in [6, 6.07) is 36.0. The molecule has 2 nitrogen and oxygen atoms in total. The Morgan fingerprint density at radius 2 is 0.697 bits per heavy atom. The van der Waals surface area contributed by atoms with Crippen LogP contribution in [0.1, 0.15) is 183 Å². The molecule has 0 saturated heterocycles.